The molecule has 7 heteroatoms. The summed E-state index contributed by atoms with van der Waals surface area (Å²) in [6.45, 7) is 4.32. The number of carboxylic acid groups (broad SMARTS) is 1. The van der Waals surface area contributed by atoms with Crippen LogP contribution in [0.1, 0.15) is 26.7 Å². The van der Waals surface area contributed by atoms with E-state index in [1.165, 1.54) is 4.31 Å². The van der Waals surface area contributed by atoms with Gasteiger partial charge in [-0.15, -0.1) is 0 Å². The van der Waals surface area contributed by atoms with Crippen LogP contribution in [0.25, 0.3) is 0 Å². The fraction of sp³-hybridized carbons (Fsp3) is 0.909. The second kappa shape index (κ2) is 6.49. The van der Waals surface area contributed by atoms with Crippen molar-refractivity contribution < 1.29 is 23.1 Å². The largest absolute Gasteiger partial charge is 0.481 e. The van der Waals surface area contributed by atoms with Crippen LogP contribution in [-0.2, 0) is 19.6 Å². The first kappa shape index (κ1) is 15.4. The van der Waals surface area contributed by atoms with Crippen LogP contribution in [0.4, 0.5) is 0 Å². The number of ether oxygens (including phenoxy) is 1. The topological polar surface area (TPSA) is 83.9 Å². The summed E-state index contributed by atoms with van der Waals surface area (Å²) in [5, 5.41) is 8.92. The lowest BCUT2D eigenvalue weighted by Crippen LogP contribution is -2.43. The minimum atomic E-state index is -3.40. The Bertz CT molecular complexity index is 379. The average Bonchev–Trinajstić information content (AvgIpc) is 2.28. The van der Waals surface area contributed by atoms with Gasteiger partial charge in [-0.1, -0.05) is 0 Å². The van der Waals surface area contributed by atoms with Crippen LogP contribution in [0.3, 0.4) is 0 Å². The molecule has 0 amide bonds. The summed E-state index contributed by atoms with van der Waals surface area (Å²) < 4.78 is 30.5. The van der Waals surface area contributed by atoms with Crippen LogP contribution in [-0.4, -0.2) is 55.4 Å². The van der Waals surface area contributed by atoms with Gasteiger partial charge in [-0.25, -0.2) is 12.7 Å². The zero-order chi connectivity index (χ0) is 13.8. The smallest absolute Gasteiger partial charge is 0.307 e. The second-order valence-electron chi connectivity index (χ2n) is 4.77. The highest BCUT2D eigenvalue weighted by Crippen LogP contribution is 2.19. The third-order valence-corrected chi connectivity index (χ3v) is 4.72. The molecule has 1 aliphatic rings. The van der Waals surface area contributed by atoms with Gasteiger partial charge in [0.25, 0.3) is 0 Å². The van der Waals surface area contributed by atoms with Crippen molar-refractivity contribution in [2.24, 2.45) is 5.92 Å². The van der Waals surface area contributed by atoms with Crippen molar-refractivity contribution in [1.82, 2.24) is 4.31 Å². The lowest BCUT2D eigenvalue weighted by molar-refractivity contribution is -0.142. The molecule has 1 heterocycles. The normalized spacial score (nSPS) is 22.3. The maximum absolute atomic E-state index is 12.0. The van der Waals surface area contributed by atoms with Crippen LogP contribution in [0.5, 0.6) is 0 Å². The second-order valence-corrected chi connectivity index (χ2v) is 6.86. The van der Waals surface area contributed by atoms with E-state index in [4.69, 9.17) is 9.84 Å². The number of rotatable bonds is 6. The third-order valence-electron chi connectivity index (χ3n) is 2.92. The minimum Gasteiger partial charge on any atom is -0.481 e. The van der Waals surface area contributed by atoms with Gasteiger partial charge in [0.2, 0.25) is 10.0 Å². The molecular formula is C11H21NO5S. The van der Waals surface area contributed by atoms with Gasteiger partial charge in [-0.05, 0) is 26.7 Å². The standard InChI is InChI=1S/C11H21NO5S/c1-9(2)17-6-7-18(15,16)12-5-3-4-10(8-12)11(13)14/h9-10H,3-8H2,1-2H3,(H,13,14)/t10-/m0/s1. The summed E-state index contributed by atoms with van der Waals surface area (Å²) in [5.41, 5.74) is 0. The predicted molar refractivity (Wildman–Crippen MR) is 66.8 cm³/mol. The van der Waals surface area contributed by atoms with Crippen LogP contribution >= 0.6 is 0 Å². The van der Waals surface area contributed by atoms with Crippen molar-refractivity contribution in [2.45, 2.75) is 32.8 Å². The van der Waals surface area contributed by atoms with Gasteiger partial charge in [-0.2, -0.15) is 0 Å². The first-order valence-electron chi connectivity index (χ1n) is 6.15. The lowest BCUT2D eigenvalue weighted by Gasteiger charge is -2.29. The van der Waals surface area contributed by atoms with Gasteiger partial charge in [0.05, 0.1) is 24.4 Å². The average molecular weight is 279 g/mol. The third kappa shape index (κ3) is 4.55. The van der Waals surface area contributed by atoms with Crippen molar-refractivity contribution in [3.63, 3.8) is 0 Å². The molecule has 0 aromatic carbocycles. The number of piperidine rings is 1. The predicted octanol–water partition coefficient (Wildman–Crippen LogP) is 0.538. The molecule has 0 unspecified atom stereocenters. The molecule has 1 fully saturated rings. The van der Waals surface area contributed by atoms with Crippen LogP contribution in [0.2, 0.25) is 0 Å². The van der Waals surface area contributed by atoms with E-state index in [2.05, 4.69) is 0 Å². The fourth-order valence-electron chi connectivity index (χ4n) is 1.91. The number of nitrogens with zero attached hydrogens (tertiary/aromatic N) is 1. The zero-order valence-corrected chi connectivity index (χ0v) is 11.6. The van der Waals surface area contributed by atoms with Crippen molar-refractivity contribution in [1.29, 1.82) is 0 Å². The van der Waals surface area contributed by atoms with E-state index in [-0.39, 0.29) is 25.0 Å². The summed E-state index contributed by atoms with van der Waals surface area (Å²) in [6, 6.07) is 0. The molecule has 18 heavy (non-hydrogen) atoms. The minimum absolute atomic E-state index is 0.00618. The summed E-state index contributed by atoms with van der Waals surface area (Å²) in [7, 11) is -3.40. The Morgan fingerprint density at radius 2 is 2.17 bits per heavy atom. The molecule has 0 bridgehead atoms. The van der Waals surface area contributed by atoms with Gasteiger partial charge in [0, 0.05) is 13.1 Å². The Balaban J connectivity index is 2.53. The molecule has 6 nitrogen and oxygen atoms in total. The van der Waals surface area contributed by atoms with E-state index in [9.17, 15) is 13.2 Å². The fourth-order valence-corrected chi connectivity index (χ4v) is 3.29. The lowest BCUT2D eigenvalue weighted by atomic mass is 10.0. The number of carboxylic acids is 1. The summed E-state index contributed by atoms with van der Waals surface area (Å²) in [5.74, 6) is -1.59. The van der Waals surface area contributed by atoms with Gasteiger partial charge in [0.1, 0.15) is 0 Å². The molecule has 0 radical (unpaired) electrons. The number of carbonyl (C=O) groups is 1. The highest BCUT2D eigenvalue weighted by molar-refractivity contribution is 7.89. The molecule has 1 saturated heterocycles. The van der Waals surface area contributed by atoms with E-state index in [1.807, 2.05) is 13.8 Å². The van der Waals surface area contributed by atoms with Crippen LogP contribution in [0, 0.1) is 5.92 Å². The van der Waals surface area contributed by atoms with Crippen molar-refractivity contribution in [3.05, 3.63) is 0 Å². The highest BCUT2D eigenvalue weighted by Gasteiger charge is 2.31. The van der Waals surface area contributed by atoms with Gasteiger partial charge in [0.15, 0.2) is 0 Å². The van der Waals surface area contributed by atoms with Crippen LogP contribution < -0.4 is 0 Å². The molecule has 1 atom stereocenters. The Hall–Kier alpha value is -0.660. The summed E-state index contributed by atoms with van der Waals surface area (Å²) in [6.07, 6.45) is 1.14. The Labute approximate surface area is 108 Å². The monoisotopic (exact) mass is 279 g/mol. The molecule has 1 N–H and O–H groups in total. The Morgan fingerprint density at radius 1 is 1.50 bits per heavy atom. The number of hydrogen-bond donors (Lipinski definition) is 1. The zero-order valence-electron chi connectivity index (χ0n) is 10.8. The van der Waals surface area contributed by atoms with E-state index in [1.54, 1.807) is 0 Å². The quantitative estimate of drug-likeness (QED) is 0.767. The molecule has 0 spiro atoms. The van der Waals surface area contributed by atoms with E-state index >= 15 is 0 Å². The molecule has 1 rings (SSSR count). The first-order chi connectivity index (χ1) is 8.33. The maximum Gasteiger partial charge on any atom is 0.307 e. The number of hydrogen-bond acceptors (Lipinski definition) is 4. The van der Waals surface area contributed by atoms with Crippen molar-refractivity contribution in [2.75, 3.05) is 25.4 Å². The molecular weight excluding hydrogens is 258 g/mol. The van der Waals surface area contributed by atoms with Gasteiger partial charge in [-0.3, -0.25) is 4.79 Å². The van der Waals surface area contributed by atoms with E-state index < -0.39 is 21.9 Å². The number of sulfonamides is 1. The highest BCUT2D eigenvalue weighted by atomic mass is 32.2. The SMILES string of the molecule is CC(C)OCCS(=O)(=O)N1CCC[C@H](C(=O)O)C1. The molecule has 1 aliphatic heterocycles. The van der Waals surface area contributed by atoms with Gasteiger partial charge < -0.3 is 9.84 Å². The van der Waals surface area contributed by atoms with Crippen molar-refractivity contribution >= 4 is 16.0 Å². The number of aliphatic carboxylic acids is 1. The van der Waals surface area contributed by atoms with E-state index in [0.29, 0.717) is 19.4 Å². The summed E-state index contributed by atoms with van der Waals surface area (Å²) in [4.78, 5) is 10.9. The molecule has 0 aliphatic carbocycles. The Kier molecular flexibility index (Phi) is 5.55. The molecule has 106 valence electrons. The maximum atomic E-state index is 12.0. The Morgan fingerprint density at radius 3 is 2.72 bits per heavy atom. The van der Waals surface area contributed by atoms with E-state index in [0.717, 1.165) is 0 Å². The van der Waals surface area contributed by atoms with Gasteiger partial charge >= 0.3 is 5.97 Å². The van der Waals surface area contributed by atoms with Crippen molar-refractivity contribution in [3.8, 4) is 0 Å². The first-order valence-corrected chi connectivity index (χ1v) is 7.76. The molecule has 0 aromatic rings. The van der Waals surface area contributed by atoms with Crippen LogP contribution in [0.15, 0.2) is 0 Å². The molecule has 0 saturated carbocycles. The molecule has 0 aromatic heterocycles. The summed E-state index contributed by atoms with van der Waals surface area (Å²) >= 11 is 0.